The molecule has 0 radical (unpaired) electrons. The summed E-state index contributed by atoms with van der Waals surface area (Å²) in [6, 6.07) is 6.94. The minimum Gasteiger partial charge on any atom is -0.328 e. The van der Waals surface area contributed by atoms with Crippen molar-refractivity contribution in [3.05, 3.63) is 40.7 Å². The fourth-order valence-electron chi connectivity index (χ4n) is 2.68. The van der Waals surface area contributed by atoms with Crippen LogP contribution in [0.1, 0.15) is 31.7 Å². The number of nitro groups is 1. The van der Waals surface area contributed by atoms with Crippen molar-refractivity contribution in [2.24, 2.45) is 5.73 Å². The van der Waals surface area contributed by atoms with Crippen LogP contribution in [0.25, 0.3) is 11.4 Å². The number of nitro benzene ring substituents is 1. The van der Waals surface area contributed by atoms with E-state index in [4.69, 9.17) is 5.73 Å². The normalized spacial score (nSPS) is 22.1. The molecule has 0 atom stereocenters. The van der Waals surface area contributed by atoms with Crippen LogP contribution in [0.4, 0.5) is 5.69 Å². The van der Waals surface area contributed by atoms with Gasteiger partial charge in [-0.15, -0.1) is 0 Å². The summed E-state index contributed by atoms with van der Waals surface area (Å²) in [5.41, 5.74) is 6.76. The van der Waals surface area contributed by atoms with E-state index >= 15 is 0 Å². The molecule has 110 valence electrons. The molecule has 2 N–H and O–H groups in total. The lowest BCUT2D eigenvalue weighted by molar-refractivity contribution is -0.384. The fourth-order valence-corrected chi connectivity index (χ4v) is 2.68. The van der Waals surface area contributed by atoms with Gasteiger partial charge in [-0.05, 0) is 37.8 Å². The number of rotatable bonds is 3. The maximum absolute atomic E-state index is 10.6. The predicted octanol–water partition coefficient (Wildman–Crippen LogP) is 2.30. The Morgan fingerprint density at radius 2 is 1.86 bits per heavy atom. The Hall–Kier alpha value is -2.28. The fraction of sp³-hybridized carbons (Fsp3) is 0.429. The topological polar surface area (TPSA) is 99.9 Å². The summed E-state index contributed by atoms with van der Waals surface area (Å²) in [6.07, 6.45) is 5.79. The minimum absolute atomic E-state index is 0.0689. The number of nitrogens with zero attached hydrogens (tertiary/aromatic N) is 4. The van der Waals surface area contributed by atoms with E-state index in [-0.39, 0.29) is 5.69 Å². The molecule has 1 aromatic heterocycles. The molecular weight excluding hydrogens is 270 g/mol. The minimum atomic E-state index is -0.416. The van der Waals surface area contributed by atoms with Gasteiger partial charge in [-0.25, -0.2) is 9.67 Å². The Bertz CT molecular complexity index is 629. The molecule has 0 aliphatic heterocycles. The average molecular weight is 287 g/mol. The predicted molar refractivity (Wildman–Crippen MR) is 77.6 cm³/mol. The summed E-state index contributed by atoms with van der Waals surface area (Å²) in [7, 11) is 0. The molecule has 0 bridgehead atoms. The third-order valence-corrected chi connectivity index (χ3v) is 3.96. The number of non-ortho nitro benzene ring substituents is 1. The average Bonchev–Trinajstić information content (AvgIpc) is 2.98. The molecule has 0 amide bonds. The highest BCUT2D eigenvalue weighted by atomic mass is 16.6. The van der Waals surface area contributed by atoms with Crippen LogP contribution < -0.4 is 5.73 Å². The van der Waals surface area contributed by atoms with Gasteiger partial charge in [-0.2, -0.15) is 5.10 Å². The van der Waals surface area contributed by atoms with Crippen molar-refractivity contribution in [2.75, 3.05) is 0 Å². The van der Waals surface area contributed by atoms with E-state index in [0.29, 0.717) is 17.9 Å². The Morgan fingerprint density at radius 3 is 2.48 bits per heavy atom. The first-order valence-electron chi connectivity index (χ1n) is 7.05. The van der Waals surface area contributed by atoms with Gasteiger partial charge in [-0.3, -0.25) is 10.1 Å². The van der Waals surface area contributed by atoms with Crippen molar-refractivity contribution >= 4 is 5.69 Å². The summed E-state index contributed by atoms with van der Waals surface area (Å²) < 4.78 is 1.89. The number of benzene rings is 1. The highest BCUT2D eigenvalue weighted by Crippen LogP contribution is 2.28. The van der Waals surface area contributed by atoms with Crippen molar-refractivity contribution in [1.29, 1.82) is 0 Å². The van der Waals surface area contributed by atoms with E-state index in [1.54, 1.807) is 18.5 Å². The SMILES string of the molecule is NC1CCC(n2cnc(-c3ccc([N+](=O)[O-])cc3)n2)CC1. The van der Waals surface area contributed by atoms with Crippen LogP contribution in [0.5, 0.6) is 0 Å². The van der Waals surface area contributed by atoms with Crippen LogP contribution in [0.2, 0.25) is 0 Å². The lowest BCUT2D eigenvalue weighted by Gasteiger charge is -2.25. The second kappa shape index (κ2) is 5.61. The number of hydrogen-bond donors (Lipinski definition) is 1. The molecule has 21 heavy (non-hydrogen) atoms. The van der Waals surface area contributed by atoms with Gasteiger partial charge in [0, 0.05) is 23.7 Å². The van der Waals surface area contributed by atoms with E-state index < -0.39 is 4.92 Å². The molecule has 1 aliphatic rings. The van der Waals surface area contributed by atoms with Crippen LogP contribution in [0.3, 0.4) is 0 Å². The smallest absolute Gasteiger partial charge is 0.269 e. The van der Waals surface area contributed by atoms with E-state index in [9.17, 15) is 10.1 Å². The molecule has 1 heterocycles. The summed E-state index contributed by atoms with van der Waals surface area (Å²) in [6.45, 7) is 0. The number of hydrogen-bond acceptors (Lipinski definition) is 5. The van der Waals surface area contributed by atoms with Gasteiger partial charge in [0.05, 0.1) is 11.0 Å². The monoisotopic (exact) mass is 287 g/mol. The number of nitrogens with two attached hydrogens (primary N) is 1. The Kier molecular flexibility index (Phi) is 3.66. The first-order valence-corrected chi connectivity index (χ1v) is 7.05. The van der Waals surface area contributed by atoms with Gasteiger partial charge in [-0.1, -0.05) is 0 Å². The zero-order valence-electron chi connectivity index (χ0n) is 11.6. The zero-order chi connectivity index (χ0) is 14.8. The third kappa shape index (κ3) is 2.92. The third-order valence-electron chi connectivity index (χ3n) is 3.96. The lowest BCUT2D eigenvalue weighted by atomic mass is 9.92. The lowest BCUT2D eigenvalue weighted by Crippen LogP contribution is -2.28. The van der Waals surface area contributed by atoms with Gasteiger partial charge >= 0.3 is 0 Å². The Morgan fingerprint density at radius 1 is 1.19 bits per heavy atom. The van der Waals surface area contributed by atoms with E-state index in [2.05, 4.69) is 10.1 Å². The van der Waals surface area contributed by atoms with Crippen molar-refractivity contribution in [3.63, 3.8) is 0 Å². The summed E-state index contributed by atoms with van der Waals surface area (Å²) in [5, 5.41) is 15.1. The summed E-state index contributed by atoms with van der Waals surface area (Å²) in [5.74, 6) is 0.597. The molecule has 1 fully saturated rings. The molecule has 7 nitrogen and oxygen atoms in total. The first-order chi connectivity index (χ1) is 10.1. The van der Waals surface area contributed by atoms with Crippen LogP contribution >= 0.6 is 0 Å². The van der Waals surface area contributed by atoms with Gasteiger partial charge in [0.15, 0.2) is 5.82 Å². The Labute approximate surface area is 121 Å². The molecule has 1 aliphatic carbocycles. The van der Waals surface area contributed by atoms with Crippen LogP contribution in [-0.2, 0) is 0 Å². The maximum Gasteiger partial charge on any atom is 0.269 e. The van der Waals surface area contributed by atoms with Gasteiger partial charge < -0.3 is 5.73 Å². The molecule has 2 aromatic rings. The van der Waals surface area contributed by atoms with Crippen LogP contribution in [-0.4, -0.2) is 25.7 Å². The van der Waals surface area contributed by atoms with E-state index in [1.807, 2.05) is 4.68 Å². The molecule has 0 saturated heterocycles. The Balaban J connectivity index is 1.76. The van der Waals surface area contributed by atoms with Crippen molar-refractivity contribution in [2.45, 2.75) is 37.8 Å². The molecule has 1 aromatic carbocycles. The maximum atomic E-state index is 10.6. The van der Waals surface area contributed by atoms with E-state index in [1.165, 1.54) is 12.1 Å². The quantitative estimate of drug-likeness (QED) is 0.689. The van der Waals surface area contributed by atoms with Crippen molar-refractivity contribution in [1.82, 2.24) is 14.8 Å². The molecule has 3 rings (SSSR count). The van der Waals surface area contributed by atoms with Crippen molar-refractivity contribution in [3.8, 4) is 11.4 Å². The molecule has 0 unspecified atom stereocenters. The van der Waals surface area contributed by atoms with E-state index in [0.717, 1.165) is 31.2 Å². The molecule has 1 saturated carbocycles. The number of aromatic nitrogens is 3. The van der Waals surface area contributed by atoms with Gasteiger partial charge in [0.1, 0.15) is 6.33 Å². The second-order valence-electron chi connectivity index (χ2n) is 5.42. The zero-order valence-corrected chi connectivity index (χ0v) is 11.6. The highest BCUT2D eigenvalue weighted by Gasteiger charge is 2.21. The molecule has 7 heteroatoms. The second-order valence-corrected chi connectivity index (χ2v) is 5.42. The van der Waals surface area contributed by atoms with Crippen LogP contribution in [0, 0.1) is 10.1 Å². The highest BCUT2D eigenvalue weighted by molar-refractivity contribution is 5.56. The molecule has 0 spiro atoms. The van der Waals surface area contributed by atoms with Crippen molar-refractivity contribution < 1.29 is 4.92 Å². The van der Waals surface area contributed by atoms with Crippen LogP contribution in [0.15, 0.2) is 30.6 Å². The van der Waals surface area contributed by atoms with Gasteiger partial charge in [0.25, 0.3) is 5.69 Å². The summed E-state index contributed by atoms with van der Waals surface area (Å²) >= 11 is 0. The standard InChI is InChI=1S/C14H17N5O2/c15-11-3-7-12(8-4-11)18-9-16-14(17-18)10-1-5-13(6-2-10)19(20)21/h1-2,5-6,9,11-12H,3-4,7-8,15H2. The summed E-state index contributed by atoms with van der Waals surface area (Å²) in [4.78, 5) is 14.5. The van der Waals surface area contributed by atoms with Gasteiger partial charge in [0.2, 0.25) is 0 Å². The largest absolute Gasteiger partial charge is 0.328 e. The molecular formula is C14H17N5O2. The first kappa shape index (κ1) is 13.7.